The molecule has 0 amide bonds. The van der Waals surface area contributed by atoms with Crippen LogP contribution in [-0.2, 0) is 4.74 Å². The van der Waals surface area contributed by atoms with E-state index in [9.17, 15) is 9.18 Å². The van der Waals surface area contributed by atoms with Crippen LogP contribution in [0, 0.1) is 12.7 Å². The molecule has 0 saturated heterocycles. The molecule has 2 N–H and O–H groups in total. The fourth-order valence-corrected chi connectivity index (χ4v) is 2.33. The van der Waals surface area contributed by atoms with E-state index in [0.29, 0.717) is 23.5 Å². The van der Waals surface area contributed by atoms with Gasteiger partial charge in [0.05, 0.1) is 17.9 Å². The molecule has 0 saturated carbocycles. The number of aryl methyl sites for hydroxylation is 1. The number of hydrogen-bond acceptors (Lipinski definition) is 3. The quantitative estimate of drug-likeness (QED) is 0.436. The van der Waals surface area contributed by atoms with Crippen molar-refractivity contribution in [1.82, 2.24) is 0 Å². The highest BCUT2D eigenvalue weighted by atomic mass is 32.1. The summed E-state index contributed by atoms with van der Waals surface area (Å²) in [6.45, 7) is 4.33. The first-order valence-electron chi connectivity index (χ1n) is 8.11. The van der Waals surface area contributed by atoms with E-state index < -0.39 is 0 Å². The first kappa shape index (κ1) is 18.9. The smallest absolute Gasteiger partial charge is 0.338 e. The van der Waals surface area contributed by atoms with Crippen molar-refractivity contribution in [2.24, 2.45) is 0 Å². The number of anilines is 2. The minimum absolute atomic E-state index is 0.266. The molecular formula is C19H21FN2O2S. The summed E-state index contributed by atoms with van der Waals surface area (Å²) >= 11 is 5.20. The minimum Gasteiger partial charge on any atom is -0.462 e. The summed E-state index contributed by atoms with van der Waals surface area (Å²) in [6, 6.07) is 11.5. The molecule has 0 aliphatic heterocycles. The van der Waals surface area contributed by atoms with E-state index in [1.807, 2.05) is 13.8 Å². The molecule has 0 fully saturated rings. The van der Waals surface area contributed by atoms with Gasteiger partial charge in [-0.3, -0.25) is 0 Å². The lowest BCUT2D eigenvalue weighted by Gasteiger charge is -2.12. The van der Waals surface area contributed by atoms with E-state index in [1.54, 1.807) is 36.4 Å². The molecule has 0 radical (unpaired) electrons. The van der Waals surface area contributed by atoms with Gasteiger partial charge >= 0.3 is 5.97 Å². The number of unbranched alkanes of at least 4 members (excludes halogenated alkanes) is 1. The van der Waals surface area contributed by atoms with Crippen LogP contribution >= 0.6 is 12.2 Å². The number of thiocarbonyl (C=S) groups is 1. The zero-order chi connectivity index (χ0) is 18.2. The number of nitrogens with one attached hydrogen (secondary N) is 2. The van der Waals surface area contributed by atoms with Gasteiger partial charge in [-0.25, -0.2) is 9.18 Å². The molecule has 0 bridgehead atoms. The Morgan fingerprint density at radius 3 is 2.56 bits per heavy atom. The molecule has 2 rings (SSSR count). The third-order valence-electron chi connectivity index (χ3n) is 3.48. The Morgan fingerprint density at radius 2 is 1.88 bits per heavy atom. The Labute approximate surface area is 152 Å². The molecule has 2 aromatic carbocycles. The van der Waals surface area contributed by atoms with E-state index in [1.165, 1.54) is 6.07 Å². The molecule has 4 nitrogen and oxygen atoms in total. The van der Waals surface area contributed by atoms with Gasteiger partial charge in [-0.05, 0) is 67.5 Å². The van der Waals surface area contributed by atoms with E-state index in [-0.39, 0.29) is 16.9 Å². The van der Waals surface area contributed by atoms with Crippen molar-refractivity contribution < 1.29 is 13.9 Å². The monoisotopic (exact) mass is 360 g/mol. The Bertz CT molecular complexity index is 748. The highest BCUT2D eigenvalue weighted by molar-refractivity contribution is 7.80. The third-order valence-corrected chi connectivity index (χ3v) is 3.68. The lowest BCUT2D eigenvalue weighted by molar-refractivity contribution is 0.0500. The van der Waals surface area contributed by atoms with Gasteiger partial charge in [0, 0.05) is 5.69 Å². The number of hydrogen-bond donors (Lipinski definition) is 2. The van der Waals surface area contributed by atoms with Crippen molar-refractivity contribution in [3.05, 3.63) is 59.4 Å². The van der Waals surface area contributed by atoms with Crippen molar-refractivity contribution in [2.45, 2.75) is 26.7 Å². The average molecular weight is 360 g/mol. The van der Waals surface area contributed by atoms with Crippen LogP contribution in [0.4, 0.5) is 15.8 Å². The maximum absolute atomic E-state index is 13.7. The SMILES string of the molecule is CCCCOC(=O)c1ccc(NC(=S)Nc2cc(C)ccc2F)cc1. The zero-order valence-corrected chi connectivity index (χ0v) is 15.1. The normalized spacial score (nSPS) is 10.2. The second kappa shape index (κ2) is 9.13. The summed E-state index contributed by atoms with van der Waals surface area (Å²) in [5, 5.41) is 6.05. The number of ether oxygens (including phenoxy) is 1. The van der Waals surface area contributed by atoms with Gasteiger partial charge in [0.1, 0.15) is 5.82 Å². The van der Waals surface area contributed by atoms with Gasteiger partial charge in [-0.1, -0.05) is 19.4 Å². The number of carbonyl (C=O) groups excluding carboxylic acids is 1. The van der Waals surface area contributed by atoms with Gasteiger partial charge in [0.2, 0.25) is 0 Å². The van der Waals surface area contributed by atoms with Crippen LogP contribution in [0.3, 0.4) is 0 Å². The largest absolute Gasteiger partial charge is 0.462 e. The molecule has 0 aliphatic carbocycles. The van der Waals surface area contributed by atoms with Crippen molar-refractivity contribution in [2.75, 3.05) is 17.2 Å². The van der Waals surface area contributed by atoms with E-state index in [0.717, 1.165) is 18.4 Å². The van der Waals surface area contributed by atoms with Gasteiger partial charge in [0.25, 0.3) is 0 Å². The topological polar surface area (TPSA) is 50.4 Å². The number of benzene rings is 2. The van der Waals surface area contributed by atoms with Crippen LogP contribution in [0.1, 0.15) is 35.7 Å². The van der Waals surface area contributed by atoms with Gasteiger partial charge in [-0.15, -0.1) is 0 Å². The second-order valence-electron chi connectivity index (χ2n) is 5.63. The zero-order valence-electron chi connectivity index (χ0n) is 14.3. The highest BCUT2D eigenvalue weighted by Crippen LogP contribution is 2.17. The lowest BCUT2D eigenvalue weighted by atomic mass is 10.2. The number of rotatable bonds is 6. The Balaban J connectivity index is 1.93. The predicted octanol–water partition coefficient (Wildman–Crippen LogP) is 4.90. The van der Waals surface area contributed by atoms with Crippen molar-refractivity contribution >= 4 is 34.7 Å². The van der Waals surface area contributed by atoms with Crippen LogP contribution < -0.4 is 10.6 Å². The number of esters is 1. The highest BCUT2D eigenvalue weighted by Gasteiger charge is 2.08. The summed E-state index contributed by atoms with van der Waals surface area (Å²) in [4.78, 5) is 11.8. The minimum atomic E-state index is -0.375. The van der Waals surface area contributed by atoms with Crippen molar-refractivity contribution in [3.63, 3.8) is 0 Å². The summed E-state index contributed by atoms with van der Waals surface area (Å²) in [5.41, 5.74) is 2.41. The maximum atomic E-state index is 13.7. The van der Waals surface area contributed by atoms with Crippen molar-refractivity contribution in [1.29, 1.82) is 0 Å². The van der Waals surface area contributed by atoms with E-state index >= 15 is 0 Å². The summed E-state index contributed by atoms with van der Waals surface area (Å²) < 4.78 is 18.9. The molecule has 0 aliphatic rings. The Hall–Kier alpha value is -2.47. The van der Waals surface area contributed by atoms with Crippen LogP contribution in [-0.4, -0.2) is 17.7 Å². The molecular weight excluding hydrogens is 339 g/mol. The summed E-state index contributed by atoms with van der Waals surface area (Å²) in [5.74, 6) is -0.720. The average Bonchev–Trinajstić information content (AvgIpc) is 2.59. The molecule has 6 heteroatoms. The molecule has 25 heavy (non-hydrogen) atoms. The van der Waals surface area contributed by atoms with Crippen LogP contribution in [0.15, 0.2) is 42.5 Å². The molecule has 2 aromatic rings. The lowest BCUT2D eigenvalue weighted by Crippen LogP contribution is -2.20. The summed E-state index contributed by atoms with van der Waals surface area (Å²) in [6.07, 6.45) is 1.82. The first-order valence-corrected chi connectivity index (χ1v) is 8.51. The van der Waals surface area contributed by atoms with Gasteiger partial charge in [0.15, 0.2) is 5.11 Å². The fraction of sp³-hybridized carbons (Fsp3) is 0.263. The Morgan fingerprint density at radius 1 is 1.16 bits per heavy atom. The first-order chi connectivity index (χ1) is 12.0. The maximum Gasteiger partial charge on any atom is 0.338 e. The summed E-state index contributed by atoms with van der Waals surface area (Å²) in [7, 11) is 0. The molecule has 0 atom stereocenters. The number of halogens is 1. The standard InChI is InChI=1S/C19H21FN2O2S/c1-3-4-11-24-18(23)14-6-8-15(9-7-14)21-19(25)22-17-12-13(2)5-10-16(17)20/h5-10,12H,3-4,11H2,1-2H3,(H2,21,22,25). The van der Waals surface area contributed by atoms with Gasteiger partial charge < -0.3 is 15.4 Å². The molecule has 0 aromatic heterocycles. The van der Waals surface area contributed by atoms with Crippen LogP contribution in [0.2, 0.25) is 0 Å². The number of carbonyl (C=O) groups is 1. The third kappa shape index (κ3) is 5.83. The predicted molar refractivity (Wildman–Crippen MR) is 103 cm³/mol. The van der Waals surface area contributed by atoms with Crippen LogP contribution in [0.25, 0.3) is 0 Å². The molecule has 0 heterocycles. The van der Waals surface area contributed by atoms with Crippen molar-refractivity contribution in [3.8, 4) is 0 Å². The van der Waals surface area contributed by atoms with E-state index in [2.05, 4.69) is 10.6 Å². The molecule has 0 unspecified atom stereocenters. The van der Waals surface area contributed by atoms with Crippen LogP contribution in [0.5, 0.6) is 0 Å². The molecule has 132 valence electrons. The fourth-order valence-electron chi connectivity index (χ4n) is 2.10. The molecule has 0 spiro atoms. The van der Waals surface area contributed by atoms with E-state index in [4.69, 9.17) is 17.0 Å². The Kier molecular flexibility index (Phi) is 6.89. The second-order valence-corrected chi connectivity index (χ2v) is 6.04. The van der Waals surface area contributed by atoms with Gasteiger partial charge in [-0.2, -0.15) is 0 Å².